The van der Waals surface area contributed by atoms with Crippen molar-refractivity contribution in [3.8, 4) is 11.5 Å². The molecule has 0 saturated carbocycles. The normalized spacial score (nSPS) is 21.9. The van der Waals surface area contributed by atoms with Gasteiger partial charge in [-0.1, -0.05) is 12.1 Å². The Hall–Kier alpha value is -1.26. The zero-order valence-corrected chi connectivity index (χ0v) is 8.32. The highest BCUT2D eigenvalue weighted by Crippen LogP contribution is 2.40. The van der Waals surface area contributed by atoms with Gasteiger partial charge in [0, 0.05) is 18.7 Å². The molecule has 1 aromatic carbocycles. The van der Waals surface area contributed by atoms with Gasteiger partial charge in [-0.2, -0.15) is 0 Å². The Morgan fingerprint density at radius 2 is 2.00 bits per heavy atom. The second-order valence-corrected chi connectivity index (χ2v) is 3.96. The van der Waals surface area contributed by atoms with Crippen LogP contribution in [0.4, 0.5) is 0 Å². The van der Waals surface area contributed by atoms with Gasteiger partial charge in [0.05, 0.1) is 0 Å². The van der Waals surface area contributed by atoms with E-state index >= 15 is 0 Å². The lowest BCUT2D eigenvalue weighted by molar-refractivity contribution is -0.0182. The number of ether oxygens (including phenoxy) is 2. The standard InChI is InChI=1S/C11H13NO3/c13-11(6-12-7-11)8-2-1-3-9-10(8)15-5-4-14-9/h1-3,12-13H,4-7H2. The maximum Gasteiger partial charge on any atom is 0.167 e. The smallest absolute Gasteiger partial charge is 0.167 e. The van der Waals surface area contributed by atoms with Crippen LogP contribution in [0.2, 0.25) is 0 Å². The number of nitrogens with one attached hydrogen (secondary N) is 1. The molecule has 0 unspecified atom stereocenters. The van der Waals surface area contributed by atoms with Crippen molar-refractivity contribution in [2.45, 2.75) is 5.60 Å². The third-order valence-corrected chi connectivity index (χ3v) is 2.90. The molecule has 15 heavy (non-hydrogen) atoms. The summed E-state index contributed by atoms with van der Waals surface area (Å²) in [5, 5.41) is 13.3. The number of aliphatic hydroxyl groups is 1. The van der Waals surface area contributed by atoms with Gasteiger partial charge in [0.25, 0.3) is 0 Å². The number of rotatable bonds is 1. The summed E-state index contributed by atoms with van der Waals surface area (Å²) in [5.41, 5.74) is 0.0462. The molecule has 0 amide bonds. The second-order valence-electron chi connectivity index (χ2n) is 3.96. The lowest BCUT2D eigenvalue weighted by Crippen LogP contribution is -2.56. The van der Waals surface area contributed by atoms with Crippen LogP contribution in [0, 0.1) is 0 Å². The molecule has 2 heterocycles. The lowest BCUT2D eigenvalue weighted by Gasteiger charge is -2.39. The average Bonchev–Trinajstić information content (AvgIpc) is 2.25. The fourth-order valence-corrected chi connectivity index (χ4v) is 1.99. The van der Waals surface area contributed by atoms with Crippen LogP contribution in [0.1, 0.15) is 5.56 Å². The number of hydrogen-bond acceptors (Lipinski definition) is 4. The minimum Gasteiger partial charge on any atom is -0.486 e. The van der Waals surface area contributed by atoms with Crippen LogP contribution in [0.3, 0.4) is 0 Å². The van der Waals surface area contributed by atoms with Crippen molar-refractivity contribution in [2.75, 3.05) is 26.3 Å². The molecule has 0 atom stereocenters. The molecule has 0 bridgehead atoms. The number of fused-ring (bicyclic) bond motifs is 1. The Kier molecular flexibility index (Phi) is 1.87. The Bertz CT molecular complexity index is 387. The van der Waals surface area contributed by atoms with Crippen LogP contribution in [-0.4, -0.2) is 31.4 Å². The van der Waals surface area contributed by atoms with E-state index in [2.05, 4.69) is 5.32 Å². The number of benzene rings is 1. The van der Waals surface area contributed by atoms with Gasteiger partial charge < -0.3 is 19.9 Å². The second kappa shape index (κ2) is 3.12. The highest BCUT2D eigenvalue weighted by molar-refractivity contribution is 5.51. The molecule has 0 aromatic heterocycles. The summed E-state index contributed by atoms with van der Waals surface area (Å²) < 4.78 is 11.0. The summed E-state index contributed by atoms with van der Waals surface area (Å²) >= 11 is 0. The van der Waals surface area contributed by atoms with E-state index in [0.717, 1.165) is 11.3 Å². The van der Waals surface area contributed by atoms with E-state index in [1.165, 1.54) is 0 Å². The average molecular weight is 207 g/mol. The predicted molar refractivity (Wildman–Crippen MR) is 54.2 cm³/mol. The summed E-state index contributed by atoms with van der Waals surface area (Å²) in [4.78, 5) is 0. The molecule has 2 aliphatic rings. The molecule has 4 heteroatoms. The third-order valence-electron chi connectivity index (χ3n) is 2.90. The number of β-amino-alcohol motifs (C(OH)–C–C–N with tert-alkyl or cyclic N) is 1. The van der Waals surface area contributed by atoms with Crippen molar-refractivity contribution in [3.05, 3.63) is 23.8 Å². The largest absolute Gasteiger partial charge is 0.486 e. The monoisotopic (exact) mass is 207 g/mol. The van der Waals surface area contributed by atoms with E-state index in [9.17, 15) is 5.11 Å². The van der Waals surface area contributed by atoms with Gasteiger partial charge in [0.15, 0.2) is 11.5 Å². The first kappa shape index (κ1) is 9.00. The van der Waals surface area contributed by atoms with Gasteiger partial charge in [-0.3, -0.25) is 0 Å². The van der Waals surface area contributed by atoms with Gasteiger partial charge in [0.2, 0.25) is 0 Å². The van der Waals surface area contributed by atoms with Crippen LogP contribution in [0.15, 0.2) is 18.2 Å². The summed E-state index contributed by atoms with van der Waals surface area (Å²) in [6, 6.07) is 5.65. The quantitative estimate of drug-likeness (QED) is 0.693. The first-order chi connectivity index (χ1) is 7.30. The van der Waals surface area contributed by atoms with Gasteiger partial charge in [0.1, 0.15) is 18.8 Å². The Labute approximate surface area is 87.8 Å². The first-order valence-corrected chi connectivity index (χ1v) is 5.12. The minimum absolute atomic E-state index is 0.549. The third kappa shape index (κ3) is 1.29. The van der Waals surface area contributed by atoms with E-state index in [4.69, 9.17) is 9.47 Å². The molecule has 3 rings (SSSR count). The Balaban J connectivity index is 2.07. The van der Waals surface area contributed by atoms with Gasteiger partial charge in [-0.05, 0) is 6.07 Å². The predicted octanol–water partition coefficient (Wildman–Crippen LogP) is 0.249. The van der Waals surface area contributed by atoms with Crippen LogP contribution in [0.25, 0.3) is 0 Å². The van der Waals surface area contributed by atoms with Crippen LogP contribution >= 0.6 is 0 Å². The van der Waals surface area contributed by atoms with E-state index in [0.29, 0.717) is 32.1 Å². The van der Waals surface area contributed by atoms with Gasteiger partial charge in [-0.15, -0.1) is 0 Å². The first-order valence-electron chi connectivity index (χ1n) is 5.12. The highest BCUT2D eigenvalue weighted by atomic mass is 16.6. The molecule has 0 spiro atoms. The molecule has 2 aliphatic heterocycles. The molecular weight excluding hydrogens is 194 g/mol. The summed E-state index contributed by atoms with van der Waals surface area (Å²) in [5.74, 6) is 1.44. The van der Waals surface area contributed by atoms with E-state index < -0.39 is 5.60 Å². The molecule has 0 radical (unpaired) electrons. The maximum absolute atomic E-state index is 10.2. The van der Waals surface area contributed by atoms with Crippen LogP contribution < -0.4 is 14.8 Å². The molecule has 0 aliphatic carbocycles. The molecular formula is C11H13NO3. The highest BCUT2D eigenvalue weighted by Gasteiger charge is 2.39. The summed E-state index contributed by atoms with van der Waals surface area (Å²) in [7, 11) is 0. The number of para-hydroxylation sites is 1. The molecule has 4 nitrogen and oxygen atoms in total. The molecule has 2 N–H and O–H groups in total. The fourth-order valence-electron chi connectivity index (χ4n) is 1.99. The fraction of sp³-hybridized carbons (Fsp3) is 0.455. The van der Waals surface area contributed by atoms with Crippen molar-refractivity contribution in [2.24, 2.45) is 0 Å². The number of hydrogen-bond donors (Lipinski definition) is 2. The van der Waals surface area contributed by atoms with Crippen molar-refractivity contribution >= 4 is 0 Å². The van der Waals surface area contributed by atoms with Crippen molar-refractivity contribution in [3.63, 3.8) is 0 Å². The van der Waals surface area contributed by atoms with Crippen molar-refractivity contribution < 1.29 is 14.6 Å². The molecule has 1 aromatic rings. The maximum atomic E-state index is 10.2. The zero-order valence-electron chi connectivity index (χ0n) is 8.32. The van der Waals surface area contributed by atoms with E-state index in [-0.39, 0.29) is 0 Å². The van der Waals surface area contributed by atoms with Crippen molar-refractivity contribution in [1.82, 2.24) is 5.32 Å². The molecule has 1 fully saturated rings. The van der Waals surface area contributed by atoms with Crippen LogP contribution in [-0.2, 0) is 5.60 Å². The van der Waals surface area contributed by atoms with E-state index in [1.807, 2.05) is 18.2 Å². The molecule has 80 valence electrons. The summed E-state index contributed by atoms with van der Waals surface area (Å²) in [6.07, 6.45) is 0. The van der Waals surface area contributed by atoms with Crippen LogP contribution in [0.5, 0.6) is 11.5 Å². The summed E-state index contributed by atoms with van der Waals surface area (Å²) in [6.45, 7) is 2.28. The molecule has 1 saturated heterocycles. The zero-order chi connectivity index (χ0) is 10.3. The SMILES string of the molecule is OC1(c2cccc3c2OCCO3)CNC1. The Morgan fingerprint density at radius 3 is 2.73 bits per heavy atom. The minimum atomic E-state index is -0.786. The topological polar surface area (TPSA) is 50.7 Å². The van der Waals surface area contributed by atoms with Crippen molar-refractivity contribution in [1.29, 1.82) is 0 Å². The van der Waals surface area contributed by atoms with Gasteiger partial charge in [-0.25, -0.2) is 0 Å². The Morgan fingerprint density at radius 1 is 1.20 bits per heavy atom. The van der Waals surface area contributed by atoms with Gasteiger partial charge >= 0.3 is 0 Å². The lowest BCUT2D eigenvalue weighted by atomic mass is 9.87. The van der Waals surface area contributed by atoms with E-state index in [1.54, 1.807) is 0 Å².